The van der Waals surface area contributed by atoms with Crippen LogP contribution in [0.3, 0.4) is 0 Å². The summed E-state index contributed by atoms with van der Waals surface area (Å²) in [5, 5.41) is 3.30. The lowest BCUT2D eigenvalue weighted by atomic mass is 9.76. The highest BCUT2D eigenvalue weighted by Crippen LogP contribution is 2.49. The monoisotopic (exact) mass is 494 g/mol. The Morgan fingerprint density at radius 1 is 1.00 bits per heavy atom. The fraction of sp³-hybridized carbons (Fsp3) is 0.679. The number of fused-ring (bicyclic) bond motifs is 4. The number of likely N-dealkylation sites (tertiary alicyclic amines) is 2. The van der Waals surface area contributed by atoms with Crippen molar-refractivity contribution in [2.75, 3.05) is 39.8 Å². The zero-order valence-corrected chi connectivity index (χ0v) is 21.3. The third kappa shape index (κ3) is 4.22. The first-order valence-corrected chi connectivity index (χ1v) is 13.8. The first-order chi connectivity index (χ1) is 17.5. The molecule has 0 spiro atoms. The van der Waals surface area contributed by atoms with Gasteiger partial charge in [-0.2, -0.15) is 0 Å². The fourth-order valence-corrected chi connectivity index (χ4v) is 7.19. The molecule has 8 heteroatoms. The Morgan fingerprint density at radius 3 is 2.44 bits per heavy atom. The molecule has 8 nitrogen and oxygen atoms in total. The highest BCUT2D eigenvalue weighted by atomic mass is 16.5. The van der Waals surface area contributed by atoms with Gasteiger partial charge in [-0.3, -0.25) is 9.59 Å². The molecule has 1 aromatic rings. The topological polar surface area (TPSA) is 82.2 Å². The van der Waals surface area contributed by atoms with Crippen molar-refractivity contribution < 1.29 is 19.1 Å². The normalized spacial score (nSPS) is 29.4. The van der Waals surface area contributed by atoms with Gasteiger partial charge in [-0.25, -0.2) is 4.79 Å². The summed E-state index contributed by atoms with van der Waals surface area (Å²) in [5.41, 5.74) is 0.654. The Bertz CT molecular complexity index is 1010. The van der Waals surface area contributed by atoms with Crippen LogP contribution in [0.1, 0.15) is 56.9 Å². The summed E-state index contributed by atoms with van der Waals surface area (Å²) in [6.07, 6.45) is 7.23. The average Bonchev–Trinajstić information content (AvgIpc) is 3.72. The molecule has 36 heavy (non-hydrogen) atoms. The Hall–Kier alpha value is -2.77. The van der Waals surface area contributed by atoms with Gasteiger partial charge in [0.2, 0.25) is 11.8 Å². The molecule has 5 fully saturated rings. The Labute approximate surface area is 213 Å². The van der Waals surface area contributed by atoms with Crippen LogP contribution in [0.25, 0.3) is 0 Å². The van der Waals surface area contributed by atoms with Gasteiger partial charge >= 0.3 is 6.03 Å². The number of piperidine rings is 4. The van der Waals surface area contributed by atoms with Crippen LogP contribution in [0.5, 0.6) is 5.75 Å². The number of carbonyl (C=O) groups excluding carboxylic acids is 3. The van der Waals surface area contributed by atoms with Gasteiger partial charge in [-0.15, -0.1) is 0 Å². The van der Waals surface area contributed by atoms with Crippen molar-refractivity contribution >= 4 is 17.8 Å². The van der Waals surface area contributed by atoms with Gasteiger partial charge in [-0.05, 0) is 74.5 Å². The number of hydrogen-bond donors (Lipinski definition) is 1. The number of rotatable bonds is 4. The van der Waals surface area contributed by atoms with Crippen LogP contribution in [-0.2, 0) is 15.0 Å². The molecule has 1 aromatic carbocycles. The van der Waals surface area contributed by atoms with Crippen molar-refractivity contribution in [1.29, 1.82) is 0 Å². The van der Waals surface area contributed by atoms with Crippen molar-refractivity contribution in [3.05, 3.63) is 29.8 Å². The lowest BCUT2D eigenvalue weighted by molar-refractivity contribution is -0.144. The molecule has 0 aromatic heterocycles. The van der Waals surface area contributed by atoms with Crippen LogP contribution in [0.15, 0.2) is 24.3 Å². The molecule has 1 saturated carbocycles. The van der Waals surface area contributed by atoms with E-state index < -0.39 is 5.41 Å². The molecule has 1 N–H and O–H groups in total. The molecule has 6 rings (SSSR count). The lowest BCUT2D eigenvalue weighted by Crippen LogP contribution is -2.62. The standard InChI is InChI=1S/C28H38N4O4/c1-36-23-7-5-21(6-8-23)28(11-12-28)26(34)29-22-9-13-30(14-10-22)27(35)31-16-19-15-20(18-31)24-3-2-4-25(33)32(24)17-19/h5-8,19-20,22,24H,2-4,9-18H2,1H3,(H,29,34)/t19-,20-,24-/m1/s1. The first kappa shape index (κ1) is 23.6. The van der Waals surface area contributed by atoms with Crippen LogP contribution in [-0.4, -0.2) is 84.5 Å². The van der Waals surface area contributed by atoms with Crippen LogP contribution in [0.2, 0.25) is 0 Å². The Morgan fingerprint density at radius 2 is 1.75 bits per heavy atom. The zero-order chi connectivity index (χ0) is 24.9. The van der Waals surface area contributed by atoms with Crippen molar-refractivity contribution in [2.45, 2.75) is 68.9 Å². The van der Waals surface area contributed by atoms with E-state index in [0.717, 1.165) is 75.9 Å². The van der Waals surface area contributed by atoms with Crippen LogP contribution in [0, 0.1) is 11.8 Å². The van der Waals surface area contributed by atoms with E-state index >= 15 is 0 Å². The fourth-order valence-electron chi connectivity index (χ4n) is 7.19. The Balaban J connectivity index is 1.02. The van der Waals surface area contributed by atoms with Gasteiger partial charge in [0.1, 0.15) is 5.75 Å². The maximum absolute atomic E-state index is 13.4. The van der Waals surface area contributed by atoms with E-state index in [4.69, 9.17) is 4.74 Å². The zero-order valence-electron chi connectivity index (χ0n) is 21.3. The molecule has 0 radical (unpaired) electrons. The largest absolute Gasteiger partial charge is 0.497 e. The number of urea groups is 1. The minimum absolute atomic E-state index is 0.111. The number of amides is 4. The van der Waals surface area contributed by atoms with Gasteiger partial charge < -0.3 is 24.8 Å². The molecule has 3 atom stereocenters. The molecule has 4 aliphatic heterocycles. The molecule has 4 amide bonds. The van der Waals surface area contributed by atoms with E-state index in [9.17, 15) is 14.4 Å². The van der Waals surface area contributed by atoms with Crippen LogP contribution in [0.4, 0.5) is 4.79 Å². The van der Waals surface area contributed by atoms with Crippen molar-refractivity contribution in [2.24, 2.45) is 11.8 Å². The van der Waals surface area contributed by atoms with Gasteiger partial charge in [0, 0.05) is 51.2 Å². The maximum Gasteiger partial charge on any atom is 0.320 e. The summed E-state index contributed by atoms with van der Waals surface area (Å²) in [4.78, 5) is 45.2. The summed E-state index contributed by atoms with van der Waals surface area (Å²) in [6, 6.07) is 8.42. The molecule has 1 aliphatic carbocycles. The molecule has 194 valence electrons. The summed E-state index contributed by atoms with van der Waals surface area (Å²) < 4.78 is 5.25. The first-order valence-electron chi connectivity index (χ1n) is 13.8. The van der Waals surface area contributed by atoms with E-state index in [1.54, 1.807) is 7.11 Å². The smallest absolute Gasteiger partial charge is 0.320 e. The Kier molecular flexibility index (Phi) is 6.08. The number of nitrogens with zero attached hydrogens (tertiary/aromatic N) is 3. The van der Waals surface area contributed by atoms with Crippen molar-refractivity contribution in [3.63, 3.8) is 0 Å². The van der Waals surface area contributed by atoms with E-state index in [2.05, 4.69) is 15.1 Å². The summed E-state index contributed by atoms with van der Waals surface area (Å²) in [6.45, 7) is 3.70. The second-order valence-corrected chi connectivity index (χ2v) is 11.6. The van der Waals surface area contributed by atoms with Gasteiger partial charge in [0.15, 0.2) is 0 Å². The predicted octanol–water partition coefficient (Wildman–Crippen LogP) is 2.76. The van der Waals surface area contributed by atoms with Crippen molar-refractivity contribution in [3.8, 4) is 5.75 Å². The minimum atomic E-state index is -0.404. The summed E-state index contributed by atoms with van der Waals surface area (Å²) >= 11 is 0. The molecule has 0 unspecified atom stereocenters. The quantitative estimate of drug-likeness (QED) is 0.698. The van der Waals surface area contributed by atoms with Crippen LogP contribution < -0.4 is 10.1 Å². The second-order valence-electron chi connectivity index (χ2n) is 11.6. The number of benzene rings is 1. The van der Waals surface area contributed by atoms with Gasteiger partial charge in [0.05, 0.1) is 12.5 Å². The highest BCUT2D eigenvalue weighted by molar-refractivity contribution is 5.91. The highest BCUT2D eigenvalue weighted by Gasteiger charge is 2.52. The van der Waals surface area contributed by atoms with E-state index in [-0.39, 0.29) is 18.0 Å². The predicted molar refractivity (Wildman–Crippen MR) is 135 cm³/mol. The average molecular weight is 495 g/mol. The van der Waals surface area contributed by atoms with Gasteiger partial charge in [-0.1, -0.05) is 12.1 Å². The maximum atomic E-state index is 13.4. The number of hydrogen-bond acceptors (Lipinski definition) is 4. The number of nitrogens with one attached hydrogen (secondary N) is 1. The molecule has 2 bridgehead atoms. The van der Waals surface area contributed by atoms with E-state index in [1.807, 2.05) is 29.2 Å². The number of methoxy groups -OCH3 is 1. The molecule has 4 heterocycles. The SMILES string of the molecule is COc1ccc(C2(C(=O)NC3CCN(C(=O)N4C[C@H]5C[C@H](C4)[C@H]4CCCC(=O)N4C5)CC3)CC2)cc1. The molecular formula is C28H38N4O4. The molecule has 4 saturated heterocycles. The minimum Gasteiger partial charge on any atom is -0.497 e. The number of carbonyl (C=O) groups is 3. The molecule has 5 aliphatic rings. The summed E-state index contributed by atoms with van der Waals surface area (Å²) in [7, 11) is 1.65. The van der Waals surface area contributed by atoms with Gasteiger partial charge in [0.25, 0.3) is 0 Å². The van der Waals surface area contributed by atoms with E-state index in [1.165, 1.54) is 0 Å². The lowest BCUT2D eigenvalue weighted by Gasteiger charge is -2.53. The second kappa shape index (κ2) is 9.27. The number of ether oxygens (including phenoxy) is 1. The third-order valence-corrected chi connectivity index (χ3v) is 9.38. The van der Waals surface area contributed by atoms with E-state index in [0.29, 0.717) is 43.3 Å². The third-order valence-electron chi connectivity index (χ3n) is 9.38. The summed E-state index contributed by atoms with van der Waals surface area (Å²) in [5.74, 6) is 2.04. The molecular weight excluding hydrogens is 456 g/mol. The van der Waals surface area contributed by atoms with Crippen molar-refractivity contribution in [1.82, 2.24) is 20.0 Å². The van der Waals surface area contributed by atoms with Crippen LogP contribution >= 0.6 is 0 Å².